The van der Waals surface area contributed by atoms with Gasteiger partial charge in [0.2, 0.25) is 0 Å². The summed E-state index contributed by atoms with van der Waals surface area (Å²) in [5, 5.41) is 13.2. The molecular weight excluding hydrogens is 520 g/mol. The number of aromatic amines is 1. The van der Waals surface area contributed by atoms with Crippen molar-refractivity contribution < 1.29 is 65.3 Å². The topological polar surface area (TPSA) is 88.6 Å². The van der Waals surface area contributed by atoms with Crippen molar-refractivity contribution in [3.8, 4) is 5.40 Å². The molecule has 0 saturated heterocycles. The second-order valence-corrected chi connectivity index (χ2v) is 7.71. The van der Waals surface area contributed by atoms with E-state index in [1.807, 2.05) is 4.57 Å². The van der Waals surface area contributed by atoms with Gasteiger partial charge in [-0.3, -0.25) is 4.68 Å². The number of nitrogens with zero attached hydrogens (tertiary/aromatic N) is 4. The number of imidazole rings is 1. The van der Waals surface area contributed by atoms with E-state index < -0.39 is 17.8 Å². The first kappa shape index (κ1) is 25.6. The third-order valence-corrected chi connectivity index (χ3v) is 5.30. The van der Waals surface area contributed by atoms with Gasteiger partial charge in [0, 0.05) is 22.9 Å². The maximum absolute atomic E-state index is 14.3. The minimum Gasteiger partial charge on any atom is -0.696 e. The fraction of sp³-hybridized carbons (Fsp3) is 0.333. The molecule has 0 bridgehead atoms. The number of fused-ring (bicyclic) bond motifs is 2. The Hall–Kier alpha value is -0.654. The Kier molecular flexibility index (Phi) is 9.63. The van der Waals surface area contributed by atoms with Gasteiger partial charge in [0.05, 0.1) is 23.2 Å². The summed E-state index contributed by atoms with van der Waals surface area (Å²) in [6.45, 7) is 2.81. The van der Waals surface area contributed by atoms with Crippen LogP contribution in [0.5, 0.6) is 0 Å². The van der Waals surface area contributed by atoms with Gasteiger partial charge in [-0.1, -0.05) is 21.3 Å². The van der Waals surface area contributed by atoms with Crippen molar-refractivity contribution in [1.82, 2.24) is 19.3 Å². The molecule has 0 saturated carbocycles. The minimum atomic E-state index is -0.837. The number of ether oxygens (including phenoxy) is 1. The van der Waals surface area contributed by atoms with Crippen molar-refractivity contribution in [2.45, 2.75) is 32.4 Å². The van der Waals surface area contributed by atoms with Crippen molar-refractivity contribution >= 4 is 57.6 Å². The molecule has 30 heavy (non-hydrogen) atoms. The molecule has 1 N–H and O–H groups in total. The molecular formula is C18H16BrFKN5O2S2. The second-order valence-electron chi connectivity index (χ2n) is 6.22. The molecule has 0 radical (unpaired) electrons. The van der Waals surface area contributed by atoms with Crippen LogP contribution >= 0.6 is 28.1 Å². The van der Waals surface area contributed by atoms with E-state index in [2.05, 4.69) is 38.6 Å². The van der Waals surface area contributed by atoms with Crippen LogP contribution in [0.2, 0.25) is 0 Å². The van der Waals surface area contributed by atoms with Gasteiger partial charge < -0.3 is 26.9 Å². The van der Waals surface area contributed by atoms with Gasteiger partial charge >= 0.3 is 57.4 Å². The summed E-state index contributed by atoms with van der Waals surface area (Å²) in [7, 11) is 0. The number of carbonyl (C=O) groups excluding carboxylic acids is 1. The number of hydrogen-bond donors (Lipinski definition) is 1. The Morgan fingerprint density at radius 2 is 2.27 bits per heavy atom. The number of hydrogen-bond acceptors (Lipinski definition) is 6. The van der Waals surface area contributed by atoms with Crippen LogP contribution in [-0.4, -0.2) is 31.9 Å². The number of esters is 1. The number of nitrogens with one attached hydrogen (secondary N) is 1. The maximum atomic E-state index is 14.3. The number of nitriles is 1. The molecule has 3 heterocycles. The zero-order chi connectivity index (χ0) is 21.1. The van der Waals surface area contributed by atoms with Crippen LogP contribution < -0.4 is 51.4 Å². The number of aromatic nitrogens is 4. The van der Waals surface area contributed by atoms with Crippen molar-refractivity contribution in [3.63, 3.8) is 0 Å². The van der Waals surface area contributed by atoms with Gasteiger partial charge in [-0.25, -0.2) is 14.4 Å². The van der Waals surface area contributed by atoms with E-state index in [9.17, 15) is 9.18 Å². The molecule has 2 aromatic heterocycles. The van der Waals surface area contributed by atoms with Gasteiger partial charge in [0.25, 0.3) is 0 Å². The minimum absolute atomic E-state index is 0. The smallest absolute Gasteiger partial charge is 0.696 e. The Labute approximate surface area is 233 Å². The van der Waals surface area contributed by atoms with E-state index in [1.54, 1.807) is 13.0 Å². The van der Waals surface area contributed by atoms with E-state index in [0.717, 1.165) is 25.1 Å². The molecule has 152 valence electrons. The molecule has 1 aliphatic heterocycles. The molecule has 0 fully saturated rings. The van der Waals surface area contributed by atoms with Gasteiger partial charge in [-0.05, 0) is 44.1 Å². The van der Waals surface area contributed by atoms with Crippen molar-refractivity contribution in [2.75, 3.05) is 6.61 Å². The Balaban J connectivity index is 0.000000757. The van der Waals surface area contributed by atoms with Crippen molar-refractivity contribution in [3.05, 3.63) is 44.8 Å². The molecule has 1 unspecified atom stereocenters. The standard InChI is InChI=1S/C17H16BrFN4O2S.CHNS.K/c1-2-25-16(24)15(14-13-4-3-5-22(13)17(26)20-14)23-8-10-11(19)6-9(18)7-12(10)21-23;2-1-3;/h6-8,15H,2-5H2,1H3,(H,20,26);3H;/q;;+1/p-1. The van der Waals surface area contributed by atoms with Crippen LogP contribution in [0, 0.1) is 21.3 Å². The fourth-order valence-electron chi connectivity index (χ4n) is 3.44. The summed E-state index contributed by atoms with van der Waals surface area (Å²) in [5.74, 6) is -0.857. The maximum Gasteiger partial charge on any atom is 1.00 e. The third-order valence-electron chi connectivity index (χ3n) is 4.52. The van der Waals surface area contributed by atoms with E-state index in [1.165, 1.54) is 22.3 Å². The predicted molar refractivity (Wildman–Crippen MR) is 113 cm³/mol. The average molecular weight is 536 g/mol. The quantitative estimate of drug-likeness (QED) is 0.176. The van der Waals surface area contributed by atoms with Gasteiger partial charge in [0.15, 0.2) is 10.8 Å². The first-order chi connectivity index (χ1) is 13.9. The fourth-order valence-corrected chi connectivity index (χ4v) is 4.17. The van der Waals surface area contributed by atoms with Crippen LogP contribution in [0.3, 0.4) is 0 Å². The largest absolute Gasteiger partial charge is 1.00 e. The first-order valence-electron chi connectivity index (χ1n) is 8.74. The summed E-state index contributed by atoms with van der Waals surface area (Å²) >= 11 is 12.3. The van der Waals surface area contributed by atoms with Crippen molar-refractivity contribution in [1.29, 1.82) is 5.26 Å². The first-order valence-corrected chi connectivity index (χ1v) is 10.4. The zero-order valence-electron chi connectivity index (χ0n) is 16.3. The second kappa shape index (κ2) is 11.3. The number of rotatable bonds is 4. The number of H-pyrrole nitrogens is 1. The Morgan fingerprint density at radius 1 is 1.57 bits per heavy atom. The van der Waals surface area contributed by atoms with E-state index >= 15 is 0 Å². The summed E-state index contributed by atoms with van der Waals surface area (Å²) in [5.41, 5.74) is 2.10. The van der Waals surface area contributed by atoms with E-state index in [4.69, 9.17) is 22.2 Å². The number of carbonyl (C=O) groups is 1. The van der Waals surface area contributed by atoms with Gasteiger partial charge in [0.1, 0.15) is 5.82 Å². The summed E-state index contributed by atoms with van der Waals surface area (Å²) in [6, 6.07) is 2.25. The number of halogens is 2. The molecule has 7 nitrogen and oxygen atoms in total. The average Bonchev–Trinajstić information content (AvgIpc) is 3.34. The molecule has 4 rings (SSSR count). The van der Waals surface area contributed by atoms with Crippen LogP contribution in [0.4, 0.5) is 4.39 Å². The molecule has 0 spiro atoms. The van der Waals surface area contributed by atoms with E-state index in [0.29, 0.717) is 25.8 Å². The Bertz CT molecular complexity index is 1170. The molecule has 0 aliphatic carbocycles. The van der Waals surface area contributed by atoms with Crippen LogP contribution in [-0.2, 0) is 35.1 Å². The normalized spacial score (nSPS) is 12.9. The summed E-state index contributed by atoms with van der Waals surface area (Å²) in [4.78, 5) is 15.9. The summed E-state index contributed by atoms with van der Waals surface area (Å²) in [6.07, 6.45) is 3.33. The monoisotopic (exact) mass is 535 g/mol. The summed E-state index contributed by atoms with van der Waals surface area (Å²) < 4.78 is 24.2. The zero-order valence-corrected chi connectivity index (χ0v) is 22.7. The van der Waals surface area contributed by atoms with Crippen LogP contribution in [0.15, 0.2) is 22.8 Å². The number of thiocyanates is 1. The van der Waals surface area contributed by atoms with E-state index in [-0.39, 0.29) is 58.0 Å². The molecule has 0 amide bonds. The molecule has 12 heteroatoms. The number of benzene rings is 1. The SMILES string of the molecule is CCOC(=O)C(c1[nH]c(=S)n2c1CCC2)n1cc2c(F)cc(Br)cc2n1.N#C[S-].[K+]. The molecule has 1 aliphatic rings. The van der Waals surface area contributed by atoms with Crippen molar-refractivity contribution in [2.24, 2.45) is 0 Å². The molecule has 1 aromatic carbocycles. The predicted octanol–water partition coefficient (Wildman–Crippen LogP) is 0.914. The van der Waals surface area contributed by atoms with Crippen LogP contribution in [0.25, 0.3) is 10.9 Å². The molecule has 3 aromatic rings. The Morgan fingerprint density at radius 3 is 2.93 bits per heavy atom. The van der Waals surface area contributed by atoms with Crippen LogP contribution in [0.1, 0.15) is 30.8 Å². The third kappa shape index (κ3) is 5.21. The van der Waals surface area contributed by atoms with Gasteiger partial charge in [-0.15, -0.1) is 0 Å². The van der Waals surface area contributed by atoms with Gasteiger partial charge in [-0.2, -0.15) is 5.10 Å². The molecule has 1 atom stereocenters.